The largest absolute Gasteiger partial charge is 0.491 e. The van der Waals surface area contributed by atoms with Crippen LogP contribution in [0.4, 0.5) is 0 Å². The summed E-state index contributed by atoms with van der Waals surface area (Å²) in [5.41, 5.74) is 1.23. The fourth-order valence-electron chi connectivity index (χ4n) is 2.01. The molecule has 0 aliphatic heterocycles. The van der Waals surface area contributed by atoms with Gasteiger partial charge in [-0.25, -0.2) is 4.79 Å². The van der Waals surface area contributed by atoms with E-state index in [9.17, 15) is 4.79 Å². The highest BCUT2D eigenvalue weighted by atomic mass is 16.5. The van der Waals surface area contributed by atoms with Crippen LogP contribution in [0.15, 0.2) is 48.5 Å². The molecule has 0 amide bonds. The summed E-state index contributed by atoms with van der Waals surface area (Å²) >= 11 is 0. The fraction of sp³-hybridized carbons (Fsp3) is 0.316. The van der Waals surface area contributed by atoms with Crippen LogP contribution in [0.1, 0.15) is 15.9 Å². The lowest BCUT2D eigenvalue weighted by atomic mass is 10.2. The average molecular weight is 346 g/mol. The molecule has 2 rings (SSSR count). The van der Waals surface area contributed by atoms with Gasteiger partial charge in [0.05, 0.1) is 25.4 Å². The van der Waals surface area contributed by atoms with Gasteiger partial charge >= 0.3 is 5.97 Å². The van der Waals surface area contributed by atoms with E-state index < -0.39 is 5.97 Å². The van der Waals surface area contributed by atoms with E-state index in [0.29, 0.717) is 38.8 Å². The topological polar surface area (TPSA) is 74.2 Å². The van der Waals surface area contributed by atoms with Crippen molar-refractivity contribution in [2.24, 2.45) is 0 Å². The van der Waals surface area contributed by atoms with Gasteiger partial charge in [-0.2, -0.15) is 0 Å². The molecule has 6 heteroatoms. The van der Waals surface area contributed by atoms with Gasteiger partial charge in [-0.1, -0.05) is 12.1 Å². The highest BCUT2D eigenvalue weighted by Gasteiger charge is 2.03. The molecule has 0 heterocycles. The molecular weight excluding hydrogens is 324 g/mol. The van der Waals surface area contributed by atoms with Gasteiger partial charge in [0.1, 0.15) is 24.7 Å². The predicted octanol–water partition coefficient (Wildman–Crippen LogP) is 3.01. The van der Waals surface area contributed by atoms with E-state index in [2.05, 4.69) is 0 Å². The van der Waals surface area contributed by atoms with E-state index in [1.165, 1.54) is 12.1 Å². The Hall–Kier alpha value is -2.57. The molecular formula is C19H22O6. The fourth-order valence-corrected chi connectivity index (χ4v) is 2.01. The predicted molar refractivity (Wildman–Crippen MR) is 92.4 cm³/mol. The first-order valence-electron chi connectivity index (χ1n) is 7.93. The maximum Gasteiger partial charge on any atom is 0.335 e. The Labute approximate surface area is 146 Å². The molecule has 0 aromatic heterocycles. The number of rotatable bonds is 11. The quantitative estimate of drug-likeness (QED) is 0.631. The van der Waals surface area contributed by atoms with Crippen molar-refractivity contribution in [2.45, 2.75) is 6.61 Å². The van der Waals surface area contributed by atoms with Gasteiger partial charge in [0.25, 0.3) is 0 Å². The van der Waals surface area contributed by atoms with Crippen LogP contribution in [0.2, 0.25) is 0 Å². The molecule has 0 spiro atoms. The van der Waals surface area contributed by atoms with E-state index in [-0.39, 0.29) is 5.56 Å². The zero-order valence-electron chi connectivity index (χ0n) is 14.1. The third-order valence-electron chi connectivity index (χ3n) is 3.36. The average Bonchev–Trinajstić information content (AvgIpc) is 2.64. The Morgan fingerprint density at radius 1 is 0.840 bits per heavy atom. The summed E-state index contributed by atoms with van der Waals surface area (Å²) in [6.45, 7) is 2.53. The first-order valence-corrected chi connectivity index (χ1v) is 7.93. The van der Waals surface area contributed by atoms with Gasteiger partial charge < -0.3 is 24.1 Å². The Morgan fingerprint density at radius 3 is 2.08 bits per heavy atom. The van der Waals surface area contributed by atoms with Crippen LogP contribution in [-0.2, 0) is 16.1 Å². The maximum atomic E-state index is 10.8. The van der Waals surface area contributed by atoms with Crippen LogP contribution >= 0.6 is 0 Å². The summed E-state index contributed by atoms with van der Waals surface area (Å²) in [6, 6.07) is 13.9. The number of benzene rings is 2. The SMILES string of the molecule is COCCOCCOc1ccc(COc2ccc(C(=O)O)cc2)cc1. The minimum Gasteiger partial charge on any atom is -0.491 e. The second-order valence-corrected chi connectivity index (χ2v) is 5.22. The van der Waals surface area contributed by atoms with E-state index in [1.807, 2.05) is 24.3 Å². The molecule has 0 atom stereocenters. The van der Waals surface area contributed by atoms with Crippen molar-refractivity contribution < 1.29 is 28.8 Å². The summed E-state index contributed by atoms with van der Waals surface area (Å²) in [7, 11) is 1.64. The third kappa shape index (κ3) is 6.82. The monoisotopic (exact) mass is 346 g/mol. The Bertz CT molecular complexity index is 636. The number of carbonyl (C=O) groups is 1. The first kappa shape index (κ1) is 18.8. The highest BCUT2D eigenvalue weighted by Crippen LogP contribution is 2.16. The van der Waals surface area contributed by atoms with Crippen molar-refractivity contribution in [3.8, 4) is 11.5 Å². The minimum atomic E-state index is -0.953. The summed E-state index contributed by atoms with van der Waals surface area (Å²) in [6.07, 6.45) is 0. The molecule has 134 valence electrons. The molecule has 0 unspecified atom stereocenters. The van der Waals surface area contributed by atoms with Gasteiger partial charge in [-0.05, 0) is 42.0 Å². The molecule has 0 saturated carbocycles. The van der Waals surface area contributed by atoms with Crippen molar-refractivity contribution >= 4 is 5.97 Å². The van der Waals surface area contributed by atoms with Gasteiger partial charge in [-0.3, -0.25) is 0 Å². The highest BCUT2D eigenvalue weighted by molar-refractivity contribution is 5.87. The molecule has 0 bridgehead atoms. The number of methoxy groups -OCH3 is 1. The zero-order chi connectivity index (χ0) is 17.9. The summed E-state index contributed by atoms with van der Waals surface area (Å²) < 4.78 is 21.4. The van der Waals surface area contributed by atoms with Crippen LogP contribution in [0.25, 0.3) is 0 Å². The van der Waals surface area contributed by atoms with Crippen LogP contribution in [0.3, 0.4) is 0 Å². The standard InChI is InChI=1S/C19H22O6/c1-22-10-11-23-12-13-24-17-6-2-15(3-7-17)14-25-18-8-4-16(5-9-18)19(20)21/h2-9H,10-14H2,1H3,(H,20,21). The number of hydrogen-bond donors (Lipinski definition) is 1. The minimum absolute atomic E-state index is 0.236. The Balaban J connectivity index is 1.71. The summed E-state index contributed by atoms with van der Waals surface area (Å²) in [5, 5.41) is 8.86. The normalized spacial score (nSPS) is 10.4. The molecule has 0 saturated heterocycles. The first-order chi connectivity index (χ1) is 12.2. The third-order valence-corrected chi connectivity index (χ3v) is 3.36. The number of hydrogen-bond acceptors (Lipinski definition) is 5. The lowest BCUT2D eigenvalue weighted by molar-refractivity contribution is 0.0544. The number of ether oxygens (including phenoxy) is 4. The zero-order valence-corrected chi connectivity index (χ0v) is 14.1. The molecule has 0 fully saturated rings. The van der Waals surface area contributed by atoms with E-state index >= 15 is 0 Å². The molecule has 2 aromatic carbocycles. The van der Waals surface area contributed by atoms with Crippen LogP contribution in [0, 0.1) is 0 Å². The van der Waals surface area contributed by atoms with Crippen molar-refractivity contribution in [3.05, 3.63) is 59.7 Å². The van der Waals surface area contributed by atoms with Gasteiger partial charge in [0.15, 0.2) is 0 Å². The lowest BCUT2D eigenvalue weighted by Gasteiger charge is -2.09. The smallest absolute Gasteiger partial charge is 0.335 e. The second kappa shape index (κ2) is 10.3. The molecule has 0 aliphatic carbocycles. The number of carboxylic acid groups (broad SMARTS) is 1. The molecule has 1 N–H and O–H groups in total. The molecule has 2 aromatic rings. The molecule has 0 aliphatic rings. The second-order valence-electron chi connectivity index (χ2n) is 5.22. The van der Waals surface area contributed by atoms with Crippen LogP contribution in [0.5, 0.6) is 11.5 Å². The van der Waals surface area contributed by atoms with Crippen molar-refractivity contribution in [2.75, 3.05) is 33.5 Å². The van der Waals surface area contributed by atoms with Gasteiger partial charge in [0, 0.05) is 7.11 Å². The van der Waals surface area contributed by atoms with Crippen molar-refractivity contribution in [1.29, 1.82) is 0 Å². The van der Waals surface area contributed by atoms with Crippen LogP contribution < -0.4 is 9.47 Å². The van der Waals surface area contributed by atoms with E-state index in [0.717, 1.165) is 11.3 Å². The number of aromatic carboxylic acids is 1. The lowest BCUT2D eigenvalue weighted by Crippen LogP contribution is -2.10. The molecule has 6 nitrogen and oxygen atoms in total. The van der Waals surface area contributed by atoms with Gasteiger partial charge in [0.2, 0.25) is 0 Å². The Kier molecular flexibility index (Phi) is 7.75. The Morgan fingerprint density at radius 2 is 1.44 bits per heavy atom. The van der Waals surface area contributed by atoms with Crippen molar-refractivity contribution in [3.63, 3.8) is 0 Å². The van der Waals surface area contributed by atoms with Gasteiger partial charge in [-0.15, -0.1) is 0 Å². The molecule has 25 heavy (non-hydrogen) atoms. The van der Waals surface area contributed by atoms with E-state index in [1.54, 1.807) is 19.2 Å². The molecule has 0 radical (unpaired) electrons. The maximum absolute atomic E-state index is 10.8. The summed E-state index contributed by atoms with van der Waals surface area (Å²) in [4.78, 5) is 10.8. The summed E-state index contributed by atoms with van der Waals surface area (Å²) in [5.74, 6) is 0.440. The van der Waals surface area contributed by atoms with E-state index in [4.69, 9.17) is 24.1 Å². The van der Waals surface area contributed by atoms with Crippen LogP contribution in [-0.4, -0.2) is 44.6 Å². The van der Waals surface area contributed by atoms with Crippen molar-refractivity contribution in [1.82, 2.24) is 0 Å². The number of carboxylic acids is 1.